The zero-order chi connectivity index (χ0) is 9.26. The molecule has 1 aromatic rings. The summed E-state index contributed by atoms with van der Waals surface area (Å²) in [4.78, 5) is 0. The fraction of sp³-hybridized carbons (Fsp3) is 0.700. The molecule has 0 aromatic carbocycles. The van der Waals surface area contributed by atoms with Crippen molar-refractivity contribution in [2.45, 2.75) is 32.9 Å². The van der Waals surface area contributed by atoms with Crippen LogP contribution in [0.4, 0.5) is 0 Å². The Labute approximate surface area is 79.1 Å². The van der Waals surface area contributed by atoms with Gasteiger partial charge in [-0.3, -0.25) is 4.68 Å². The second-order valence-corrected chi connectivity index (χ2v) is 4.12. The molecule has 1 N–H and O–H groups in total. The van der Waals surface area contributed by atoms with Gasteiger partial charge in [-0.05, 0) is 18.4 Å². The van der Waals surface area contributed by atoms with Gasteiger partial charge >= 0.3 is 0 Å². The predicted octanol–water partition coefficient (Wildman–Crippen LogP) is 1.57. The topological polar surface area (TPSA) is 29.9 Å². The Balaban J connectivity index is 2.15. The fourth-order valence-electron chi connectivity index (χ4n) is 1.95. The van der Waals surface area contributed by atoms with Gasteiger partial charge in [-0.15, -0.1) is 0 Å². The first-order valence-electron chi connectivity index (χ1n) is 5.02. The second kappa shape index (κ2) is 3.50. The monoisotopic (exact) mass is 179 g/mol. The second-order valence-electron chi connectivity index (χ2n) is 4.12. The summed E-state index contributed by atoms with van der Waals surface area (Å²) in [6.45, 7) is 6.58. The highest BCUT2D eigenvalue weighted by Crippen LogP contribution is 2.22. The lowest BCUT2D eigenvalue weighted by Crippen LogP contribution is -2.34. The quantitative estimate of drug-likeness (QED) is 0.747. The molecule has 2 heterocycles. The van der Waals surface area contributed by atoms with E-state index in [1.54, 1.807) is 0 Å². The number of fused-ring (bicyclic) bond motifs is 1. The molecule has 0 radical (unpaired) electrons. The lowest BCUT2D eigenvalue weighted by atomic mass is 10.00. The number of nitrogens with one attached hydrogen (secondary N) is 1. The van der Waals surface area contributed by atoms with Crippen LogP contribution in [0.25, 0.3) is 0 Å². The Morgan fingerprint density at radius 3 is 3.31 bits per heavy atom. The van der Waals surface area contributed by atoms with E-state index in [1.807, 2.05) is 6.20 Å². The van der Waals surface area contributed by atoms with E-state index in [9.17, 15) is 0 Å². The molecule has 0 amide bonds. The third kappa shape index (κ3) is 1.75. The Bertz CT molecular complexity index is 277. The summed E-state index contributed by atoms with van der Waals surface area (Å²) in [5, 5.41) is 7.82. The molecule has 3 heteroatoms. The highest BCUT2D eigenvalue weighted by atomic mass is 15.3. The van der Waals surface area contributed by atoms with Crippen molar-refractivity contribution in [2.24, 2.45) is 5.92 Å². The van der Waals surface area contributed by atoms with E-state index in [0.29, 0.717) is 6.04 Å². The average Bonchev–Trinajstić information content (AvgIpc) is 2.51. The number of aromatic nitrogens is 2. The van der Waals surface area contributed by atoms with Crippen LogP contribution in [0.2, 0.25) is 0 Å². The molecule has 0 aliphatic carbocycles. The van der Waals surface area contributed by atoms with Crippen LogP contribution < -0.4 is 5.32 Å². The van der Waals surface area contributed by atoms with Gasteiger partial charge in [0.1, 0.15) is 0 Å². The summed E-state index contributed by atoms with van der Waals surface area (Å²) >= 11 is 0. The van der Waals surface area contributed by atoms with Crippen LogP contribution >= 0.6 is 0 Å². The SMILES string of the molecule is CC(C)CC1NCCn2nccc21. The van der Waals surface area contributed by atoms with E-state index in [0.717, 1.165) is 19.0 Å². The minimum Gasteiger partial charge on any atom is -0.307 e. The smallest absolute Gasteiger partial charge is 0.0554 e. The predicted molar refractivity (Wildman–Crippen MR) is 52.4 cm³/mol. The molecule has 0 saturated carbocycles. The van der Waals surface area contributed by atoms with Gasteiger partial charge in [-0.2, -0.15) is 5.10 Å². The molecule has 13 heavy (non-hydrogen) atoms. The first kappa shape index (κ1) is 8.75. The molecular weight excluding hydrogens is 162 g/mol. The molecule has 1 aromatic heterocycles. The summed E-state index contributed by atoms with van der Waals surface area (Å²) in [5.41, 5.74) is 1.35. The van der Waals surface area contributed by atoms with Crippen molar-refractivity contribution in [2.75, 3.05) is 6.54 Å². The van der Waals surface area contributed by atoms with E-state index in [-0.39, 0.29) is 0 Å². The molecule has 0 saturated heterocycles. The number of hydrogen-bond acceptors (Lipinski definition) is 2. The zero-order valence-corrected chi connectivity index (χ0v) is 8.33. The maximum absolute atomic E-state index is 4.29. The van der Waals surface area contributed by atoms with Crippen molar-refractivity contribution in [3.8, 4) is 0 Å². The molecule has 1 unspecified atom stereocenters. The van der Waals surface area contributed by atoms with E-state index in [4.69, 9.17) is 0 Å². The standard InChI is InChI=1S/C10H17N3/c1-8(2)7-9-10-3-4-12-13(10)6-5-11-9/h3-4,8-9,11H,5-7H2,1-2H3. The third-order valence-electron chi connectivity index (χ3n) is 2.53. The van der Waals surface area contributed by atoms with Crippen molar-refractivity contribution >= 4 is 0 Å². The van der Waals surface area contributed by atoms with Crippen LogP contribution in [0, 0.1) is 5.92 Å². The molecule has 2 rings (SSSR count). The van der Waals surface area contributed by atoms with Crippen molar-refractivity contribution in [3.63, 3.8) is 0 Å². The maximum Gasteiger partial charge on any atom is 0.0554 e. The summed E-state index contributed by atoms with van der Waals surface area (Å²) in [7, 11) is 0. The van der Waals surface area contributed by atoms with Crippen LogP contribution in [0.3, 0.4) is 0 Å². The molecule has 1 aliphatic heterocycles. The summed E-state index contributed by atoms with van der Waals surface area (Å²) in [6, 6.07) is 2.63. The first-order valence-corrected chi connectivity index (χ1v) is 5.02. The first-order chi connectivity index (χ1) is 6.27. The molecular formula is C10H17N3. The molecule has 0 fully saturated rings. The van der Waals surface area contributed by atoms with Crippen molar-refractivity contribution in [1.82, 2.24) is 15.1 Å². The van der Waals surface area contributed by atoms with E-state index >= 15 is 0 Å². The minimum absolute atomic E-state index is 0.510. The van der Waals surface area contributed by atoms with Crippen LogP contribution in [-0.2, 0) is 6.54 Å². The molecule has 72 valence electrons. The Morgan fingerprint density at radius 1 is 1.69 bits per heavy atom. The van der Waals surface area contributed by atoms with Crippen molar-refractivity contribution < 1.29 is 0 Å². The molecule has 0 bridgehead atoms. The van der Waals surface area contributed by atoms with Gasteiger partial charge in [0.25, 0.3) is 0 Å². The zero-order valence-electron chi connectivity index (χ0n) is 8.33. The molecule has 0 spiro atoms. The summed E-state index contributed by atoms with van der Waals surface area (Å²) in [6.07, 6.45) is 3.10. The van der Waals surface area contributed by atoms with Crippen molar-refractivity contribution in [1.29, 1.82) is 0 Å². The highest BCUT2D eigenvalue weighted by Gasteiger charge is 2.20. The Hall–Kier alpha value is -0.830. The van der Waals surface area contributed by atoms with E-state index in [1.165, 1.54) is 12.1 Å². The largest absolute Gasteiger partial charge is 0.307 e. The Morgan fingerprint density at radius 2 is 2.54 bits per heavy atom. The lowest BCUT2D eigenvalue weighted by Gasteiger charge is -2.26. The van der Waals surface area contributed by atoms with Crippen LogP contribution in [0.1, 0.15) is 32.0 Å². The number of hydrogen-bond donors (Lipinski definition) is 1. The molecule has 3 nitrogen and oxygen atoms in total. The fourth-order valence-corrected chi connectivity index (χ4v) is 1.95. The normalized spacial score (nSPS) is 21.9. The summed E-state index contributed by atoms with van der Waals surface area (Å²) < 4.78 is 2.11. The van der Waals surface area contributed by atoms with E-state index in [2.05, 4.69) is 35.0 Å². The van der Waals surface area contributed by atoms with Crippen molar-refractivity contribution in [3.05, 3.63) is 18.0 Å². The number of rotatable bonds is 2. The van der Waals surface area contributed by atoms with Crippen LogP contribution in [-0.4, -0.2) is 16.3 Å². The average molecular weight is 179 g/mol. The van der Waals surface area contributed by atoms with Gasteiger partial charge in [0, 0.05) is 18.8 Å². The lowest BCUT2D eigenvalue weighted by molar-refractivity contribution is 0.352. The Kier molecular flexibility index (Phi) is 2.36. The van der Waals surface area contributed by atoms with Gasteiger partial charge in [0.2, 0.25) is 0 Å². The highest BCUT2D eigenvalue weighted by molar-refractivity contribution is 5.09. The van der Waals surface area contributed by atoms with Gasteiger partial charge in [-0.25, -0.2) is 0 Å². The maximum atomic E-state index is 4.29. The molecule has 1 aliphatic rings. The molecule has 1 atom stereocenters. The minimum atomic E-state index is 0.510. The van der Waals surface area contributed by atoms with Gasteiger partial charge < -0.3 is 5.32 Å². The van der Waals surface area contributed by atoms with Gasteiger partial charge in [0.05, 0.1) is 12.2 Å². The van der Waals surface area contributed by atoms with Gasteiger partial charge in [0.15, 0.2) is 0 Å². The van der Waals surface area contributed by atoms with Crippen LogP contribution in [0.5, 0.6) is 0 Å². The van der Waals surface area contributed by atoms with Gasteiger partial charge in [-0.1, -0.05) is 13.8 Å². The van der Waals surface area contributed by atoms with Crippen LogP contribution in [0.15, 0.2) is 12.3 Å². The summed E-state index contributed by atoms with van der Waals surface area (Å²) in [5.74, 6) is 0.735. The number of nitrogens with zero attached hydrogens (tertiary/aromatic N) is 2. The van der Waals surface area contributed by atoms with E-state index < -0.39 is 0 Å². The third-order valence-corrected chi connectivity index (χ3v) is 2.53.